The van der Waals surface area contributed by atoms with Crippen molar-refractivity contribution in [3.05, 3.63) is 0 Å². The van der Waals surface area contributed by atoms with Crippen LogP contribution in [-0.4, -0.2) is 42.7 Å². The van der Waals surface area contributed by atoms with Crippen molar-refractivity contribution in [1.29, 1.82) is 0 Å². The van der Waals surface area contributed by atoms with Gasteiger partial charge in [0.1, 0.15) is 0 Å². The molecule has 0 aromatic heterocycles. The number of hydrogen-bond donors (Lipinski definition) is 2. The molecule has 0 aromatic rings. The summed E-state index contributed by atoms with van der Waals surface area (Å²) in [6.07, 6.45) is 1.70. The lowest BCUT2D eigenvalue weighted by Gasteiger charge is -2.11. The molecule has 12 heavy (non-hydrogen) atoms. The molecule has 0 saturated carbocycles. The summed E-state index contributed by atoms with van der Waals surface area (Å²) >= 11 is 5.87. The van der Waals surface area contributed by atoms with Gasteiger partial charge in [-0.1, -0.05) is 11.4 Å². The molecule has 0 heterocycles. The lowest BCUT2D eigenvalue weighted by molar-refractivity contribution is 0.0716. The Hall–Kier alpha value is 0.840. The van der Waals surface area contributed by atoms with E-state index in [0.717, 1.165) is 11.4 Å². The highest BCUT2D eigenvalue weighted by atomic mass is 32.9. The van der Waals surface area contributed by atoms with E-state index in [0.29, 0.717) is 6.61 Å². The van der Waals surface area contributed by atoms with Crippen molar-refractivity contribution < 1.29 is 19.3 Å². The predicted molar refractivity (Wildman–Crippen MR) is 53.9 cm³/mol. The average molecular weight is 232 g/mol. The van der Waals surface area contributed by atoms with E-state index in [-0.39, 0.29) is 19.8 Å². The lowest BCUT2D eigenvalue weighted by atomic mass is 10.7. The molecule has 7 heteroatoms. The van der Waals surface area contributed by atoms with Crippen LogP contribution in [0.4, 0.5) is 0 Å². The van der Waals surface area contributed by atoms with Crippen molar-refractivity contribution in [3.63, 3.8) is 0 Å². The molecule has 0 amide bonds. The maximum absolute atomic E-state index is 9.24. The van der Waals surface area contributed by atoms with E-state index >= 15 is 0 Å². The van der Waals surface area contributed by atoms with Gasteiger partial charge in [0.25, 0.3) is 0 Å². The Morgan fingerprint density at radius 3 is 2.58 bits per heavy atom. The van der Waals surface area contributed by atoms with Crippen LogP contribution in [0.3, 0.4) is 0 Å². The maximum Gasteiger partial charge on any atom is 0.244 e. The molecule has 0 rings (SSSR count). The molecule has 0 saturated heterocycles. The summed E-state index contributed by atoms with van der Waals surface area (Å²) in [5.74, 6) is 0. The summed E-state index contributed by atoms with van der Waals surface area (Å²) in [4.78, 5) is 9.24. The zero-order valence-corrected chi connectivity index (χ0v) is 9.33. The number of aliphatic hydroxyl groups is 1. The highest BCUT2D eigenvalue weighted by Gasteiger charge is 2.09. The van der Waals surface area contributed by atoms with Crippen LogP contribution >= 0.6 is 17.1 Å². The first-order valence-corrected chi connectivity index (χ1v) is 7.84. The molecule has 4 nitrogen and oxygen atoms in total. The van der Waals surface area contributed by atoms with E-state index in [9.17, 15) is 4.89 Å². The van der Waals surface area contributed by atoms with Gasteiger partial charge in [-0.15, -0.1) is 0 Å². The Kier molecular flexibility index (Phi) is 7.77. The first-order chi connectivity index (χ1) is 5.62. The third-order valence-electron chi connectivity index (χ3n) is 0.948. The van der Waals surface area contributed by atoms with Gasteiger partial charge in [-0.05, 0) is 18.1 Å². The molecule has 0 bridgehead atoms. The van der Waals surface area contributed by atoms with Gasteiger partial charge in [-0.3, -0.25) is 0 Å². The quantitative estimate of drug-likeness (QED) is 0.495. The Labute approximate surface area is 81.2 Å². The summed E-state index contributed by atoms with van der Waals surface area (Å²) in [6, 6.07) is 0. The summed E-state index contributed by atoms with van der Waals surface area (Å²) < 4.78 is 9.86. The third-order valence-corrected chi connectivity index (χ3v) is 5.28. The van der Waals surface area contributed by atoms with Crippen molar-refractivity contribution in [2.75, 3.05) is 32.7 Å². The standard InChI is InChI=1S/C5H13O4PS2/c1-12-10(7,11)9-5-4-8-3-2-6/h6H,2-5H2,1H3,(H,7,11). The maximum atomic E-state index is 9.24. The van der Waals surface area contributed by atoms with Gasteiger partial charge in [0.15, 0.2) is 0 Å². The van der Waals surface area contributed by atoms with Gasteiger partial charge in [0.05, 0.1) is 26.4 Å². The summed E-state index contributed by atoms with van der Waals surface area (Å²) in [6.45, 7) is 0.904. The fourth-order valence-electron chi connectivity index (χ4n) is 0.431. The predicted octanol–water partition coefficient (Wildman–Crippen LogP) is 0.592. The van der Waals surface area contributed by atoms with Gasteiger partial charge in [0.2, 0.25) is 5.69 Å². The second-order valence-corrected chi connectivity index (χ2v) is 8.14. The Morgan fingerprint density at radius 1 is 1.42 bits per heavy atom. The molecule has 1 atom stereocenters. The Balaban J connectivity index is 3.25. The van der Waals surface area contributed by atoms with E-state index in [1.807, 2.05) is 0 Å². The molecule has 0 aromatic carbocycles. The molecule has 0 spiro atoms. The van der Waals surface area contributed by atoms with Crippen LogP contribution in [0.5, 0.6) is 0 Å². The van der Waals surface area contributed by atoms with Crippen LogP contribution in [0.15, 0.2) is 0 Å². The van der Waals surface area contributed by atoms with Crippen molar-refractivity contribution in [2.45, 2.75) is 0 Å². The summed E-state index contributed by atoms with van der Waals surface area (Å²) in [7, 11) is 0. The van der Waals surface area contributed by atoms with Crippen LogP contribution in [-0.2, 0) is 21.1 Å². The second-order valence-electron chi connectivity index (χ2n) is 1.82. The summed E-state index contributed by atoms with van der Waals surface area (Å²) in [5.41, 5.74) is -2.61. The van der Waals surface area contributed by atoms with Gasteiger partial charge < -0.3 is 19.3 Å². The lowest BCUT2D eigenvalue weighted by Crippen LogP contribution is -2.05. The SMILES string of the molecule is CSP(O)(=S)OCCOCCO. The number of ether oxygens (including phenoxy) is 1. The normalized spacial score (nSPS) is 15.9. The zero-order valence-electron chi connectivity index (χ0n) is 6.80. The zero-order chi connectivity index (χ0) is 9.45. The van der Waals surface area contributed by atoms with Crippen molar-refractivity contribution >= 4 is 28.9 Å². The van der Waals surface area contributed by atoms with Crippen LogP contribution in [0, 0.1) is 0 Å². The van der Waals surface area contributed by atoms with Crippen LogP contribution in [0.25, 0.3) is 0 Å². The Bertz CT molecular complexity index is 154. The van der Waals surface area contributed by atoms with Crippen molar-refractivity contribution in [1.82, 2.24) is 0 Å². The van der Waals surface area contributed by atoms with E-state index in [4.69, 9.17) is 26.2 Å². The fraction of sp³-hybridized carbons (Fsp3) is 1.00. The first-order valence-electron chi connectivity index (χ1n) is 3.34. The smallest absolute Gasteiger partial charge is 0.244 e. The number of hydrogen-bond acceptors (Lipinski definition) is 5. The molecule has 0 aliphatic rings. The minimum Gasteiger partial charge on any atom is -0.394 e. The third kappa shape index (κ3) is 7.49. The summed E-state index contributed by atoms with van der Waals surface area (Å²) in [5, 5.41) is 8.34. The molecule has 2 N–H and O–H groups in total. The van der Waals surface area contributed by atoms with Crippen molar-refractivity contribution in [3.8, 4) is 0 Å². The van der Waals surface area contributed by atoms with E-state index in [1.165, 1.54) is 0 Å². The van der Waals surface area contributed by atoms with Gasteiger partial charge >= 0.3 is 0 Å². The average Bonchev–Trinajstić information content (AvgIpc) is 2.04. The molecule has 1 unspecified atom stereocenters. The largest absolute Gasteiger partial charge is 0.394 e. The van der Waals surface area contributed by atoms with Gasteiger partial charge in [-0.2, -0.15) is 0 Å². The minimum atomic E-state index is -2.61. The molecule has 0 fully saturated rings. The molecular formula is C5H13O4PS2. The van der Waals surface area contributed by atoms with Crippen LogP contribution < -0.4 is 0 Å². The fourth-order valence-corrected chi connectivity index (χ4v) is 1.60. The van der Waals surface area contributed by atoms with E-state index in [2.05, 4.69) is 0 Å². The molecule has 0 aliphatic heterocycles. The van der Waals surface area contributed by atoms with Crippen molar-refractivity contribution in [2.24, 2.45) is 0 Å². The second kappa shape index (κ2) is 7.26. The van der Waals surface area contributed by atoms with E-state index < -0.39 is 5.69 Å². The monoisotopic (exact) mass is 232 g/mol. The molecular weight excluding hydrogens is 219 g/mol. The van der Waals surface area contributed by atoms with E-state index in [1.54, 1.807) is 6.26 Å². The van der Waals surface area contributed by atoms with Crippen LogP contribution in [0.1, 0.15) is 0 Å². The van der Waals surface area contributed by atoms with Gasteiger partial charge in [0, 0.05) is 0 Å². The molecule has 0 aliphatic carbocycles. The number of rotatable bonds is 7. The van der Waals surface area contributed by atoms with Crippen LogP contribution in [0.2, 0.25) is 0 Å². The minimum absolute atomic E-state index is 0.00415. The molecule has 0 radical (unpaired) electrons. The highest BCUT2D eigenvalue weighted by molar-refractivity contribution is 8.67. The first kappa shape index (κ1) is 12.8. The number of aliphatic hydroxyl groups excluding tert-OH is 1. The molecule has 74 valence electrons. The Morgan fingerprint density at radius 2 is 2.08 bits per heavy atom. The highest BCUT2D eigenvalue weighted by Crippen LogP contribution is 2.54. The topological polar surface area (TPSA) is 58.9 Å². The van der Waals surface area contributed by atoms with Gasteiger partial charge in [-0.25, -0.2) is 0 Å².